The van der Waals surface area contributed by atoms with Crippen molar-refractivity contribution >= 4 is 29.7 Å². The SMILES string of the molecule is CC(C)C[C@H](NC(=O)[C@@H](NC(=O)[C@@H](N)CC(C)C)[C@@H](C)O)C(=O)N[C@@H](CCCN=C(N)N)C(=O)O. The average molecular weight is 502 g/mol. The summed E-state index contributed by atoms with van der Waals surface area (Å²) in [6.07, 6.45) is -0.303. The number of aliphatic carboxylic acids is 1. The number of carbonyl (C=O) groups excluding carboxylic acids is 3. The topological polar surface area (TPSA) is 235 Å². The van der Waals surface area contributed by atoms with Crippen molar-refractivity contribution in [3.63, 3.8) is 0 Å². The number of hydrogen-bond donors (Lipinski definition) is 8. The van der Waals surface area contributed by atoms with Gasteiger partial charge in [-0.2, -0.15) is 0 Å². The van der Waals surface area contributed by atoms with E-state index < -0.39 is 54.0 Å². The third kappa shape index (κ3) is 13.5. The number of aliphatic hydroxyl groups excluding tert-OH is 1. The second-order valence-electron chi connectivity index (χ2n) is 9.50. The number of carbonyl (C=O) groups is 4. The summed E-state index contributed by atoms with van der Waals surface area (Å²) in [6, 6.07) is -4.53. The van der Waals surface area contributed by atoms with E-state index in [2.05, 4.69) is 20.9 Å². The minimum Gasteiger partial charge on any atom is -0.480 e. The first kappa shape index (κ1) is 32.1. The minimum absolute atomic E-state index is 0.0322. The quantitative estimate of drug-likeness (QED) is 0.0688. The van der Waals surface area contributed by atoms with Crippen LogP contribution in [0.25, 0.3) is 0 Å². The van der Waals surface area contributed by atoms with E-state index in [1.807, 2.05) is 27.7 Å². The van der Waals surface area contributed by atoms with Gasteiger partial charge in [-0.25, -0.2) is 4.79 Å². The highest BCUT2D eigenvalue weighted by Crippen LogP contribution is 2.09. The standard InChI is InChI=1S/C22H43N7O6/c1-11(2)9-14(23)18(31)29-17(13(5)30)20(33)28-16(10-12(3)4)19(32)27-15(21(34)35)7-6-8-26-22(24)25/h11-17,30H,6-10,23H2,1-5H3,(H,27,32)(H,28,33)(H,29,31)(H,34,35)(H4,24,25,26)/t13-,14+,15+,16+,17+/m1/s1. The Kier molecular flexibility index (Phi) is 14.5. The second-order valence-corrected chi connectivity index (χ2v) is 9.50. The Balaban J connectivity index is 5.39. The molecule has 0 saturated carbocycles. The molecule has 0 aromatic heterocycles. The molecule has 0 aliphatic carbocycles. The van der Waals surface area contributed by atoms with Gasteiger partial charge in [-0.1, -0.05) is 27.7 Å². The highest BCUT2D eigenvalue weighted by atomic mass is 16.4. The monoisotopic (exact) mass is 501 g/mol. The van der Waals surface area contributed by atoms with Gasteiger partial charge in [0.2, 0.25) is 17.7 Å². The van der Waals surface area contributed by atoms with Gasteiger partial charge in [-0.3, -0.25) is 19.4 Å². The van der Waals surface area contributed by atoms with Gasteiger partial charge in [0.05, 0.1) is 12.1 Å². The second kappa shape index (κ2) is 15.9. The summed E-state index contributed by atoms with van der Waals surface area (Å²) in [5, 5.41) is 26.9. The largest absolute Gasteiger partial charge is 0.480 e. The van der Waals surface area contributed by atoms with Crippen molar-refractivity contribution in [2.75, 3.05) is 6.54 Å². The summed E-state index contributed by atoms with van der Waals surface area (Å²) in [5.74, 6) is -3.34. The number of amides is 3. The van der Waals surface area contributed by atoms with E-state index in [4.69, 9.17) is 17.2 Å². The summed E-state index contributed by atoms with van der Waals surface area (Å²) >= 11 is 0. The number of carboxylic acid groups (broad SMARTS) is 1. The van der Waals surface area contributed by atoms with Gasteiger partial charge < -0.3 is 43.4 Å². The number of aliphatic hydroxyl groups is 1. The van der Waals surface area contributed by atoms with Gasteiger partial charge >= 0.3 is 5.97 Å². The first-order valence-corrected chi connectivity index (χ1v) is 11.8. The van der Waals surface area contributed by atoms with Crippen LogP contribution in [0.2, 0.25) is 0 Å². The molecule has 0 fully saturated rings. The van der Waals surface area contributed by atoms with Gasteiger partial charge in [-0.05, 0) is 44.4 Å². The van der Waals surface area contributed by atoms with Crippen molar-refractivity contribution < 1.29 is 29.4 Å². The summed E-state index contributed by atoms with van der Waals surface area (Å²) in [7, 11) is 0. The van der Waals surface area contributed by atoms with Crippen LogP contribution in [0.1, 0.15) is 60.3 Å². The van der Waals surface area contributed by atoms with Gasteiger partial charge in [-0.15, -0.1) is 0 Å². The zero-order valence-corrected chi connectivity index (χ0v) is 21.3. The number of aliphatic imine (C=N–C) groups is 1. The fraction of sp³-hybridized carbons (Fsp3) is 0.773. The lowest BCUT2D eigenvalue weighted by Crippen LogP contribution is -2.60. The fourth-order valence-electron chi connectivity index (χ4n) is 3.28. The predicted octanol–water partition coefficient (Wildman–Crippen LogP) is -1.62. The number of hydrogen-bond acceptors (Lipinski definition) is 7. The lowest BCUT2D eigenvalue weighted by Gasteiger charge is -2.27. The molecule has 11 N–H and O–H groups in total. The number of carboxylic acids is 1. The van der Waals surface area contributed by atoms with E-state index in [-0.39, 0.29) is 37.2 Å². The van der Waals surface area contributed by atoms with Crippen LogP contribution in [0.5, 0.6) is 0 Å². The molecule has 5 atom stereocenters. The van der Waals surface area contributed by atoms with Crippen LogP contribution in [0.4, 0.5) is 0 Å². The Bertz CT molecular complexity index is 738. The Morgan fingerprint density at radius 2 is 1.37 bits per heavy atom. The van der Waals surface area contributed by atoms with Gasteiger partial charge in [0, 0.05) is 6.54 Å². The van der Waals surface area contributed by atoms with Crippen molar-refractivity contribution in [2.24, 2.45) is 34.0 Å². The Labute approximate surface area is 206 Å². The summed E-state index contributed by atoms with van der Waals surface area (Å²) in [6.45, 7) is 8.97. The maximum Gasteiger partial charge on any atom is 0.326 e. The van der Waals surface area contributed by atoms with Gasteiger partial charge in [0.25, 0.3) is 0 Å². The Morgan fingerprint density at radius 3 is 1.83 bits per heavy atom. The van der Waals surface area contributed by atoms with Crippen molar-refractivity contribution in [3.8, 4) is 0 Å². The van der Waals surface area contributed by atoms with Crippen LogP contribution in [0.15, 0.2) is 4.99 Å². The summed E-state index contributed by atoms with van der Waals surface area (Å²) in [5.41, 5.74) is 16.4. The third-order valence-electron chi connectivity index (χ3n) is 5.02. The van der Waals surface area contributed by atoms with Crippen molar-refractivity contribution in [1.82, 2.24) is 16.0 Å². The Morgan fingerprint density at radius 1 is 0.829 bits per heavy atom. The zero-order valence-electron chi connectivity index (χ0n) is 21.3. The molecule has 13 nitrogen and oxygen atoms in total. The van der Waals surface area contributed by atoms with Crippen molar-refractivity contribution in [1.29, 1.82) is 0 Å². The maximum absolute atomic E-state index is 12.9. The van der Waals surface area contributed by atoms with Crippen LogP contribution in [0, 0.1) is 11.8 Å². The lowest BCUT2D eigenvalue weighted by atomic mass is 10.0. The molecule has 0 aromatic carbocycles. The van der Waals surface area contributed by atoms with Crippen LogP contribution < -0.4 is 33.2 Å². The van der Waals surface area contributed by atoms with E-state index in [1.165, 1.54) is 6.92 Å². The van der Waals surface area contributed by atoms with E-state index in [0.29, 0.717) is 12.8 Å². The first-order chi connectivity index (χ1) is 16.1. The molecular weight excluding hydrogens is 458 g/mol. The fourth-order valence-corrected chi connectivity index (χ4v) is 3.28. The molecule has 0 aliphatic rings. The van der Waals surface area contributed by atoms with Crippen LogP contribution >= 0.6 is 0 Å². The Hall–Kier alpha value is -2.93. The molecule has 0 aliphatic heterocycles. The van der Waals surface area contributed by atoms with E-state index in [1.54, 1.807) is 0 Å². The average Bonchev–Trinajstić information content (AvgIpc) is 2.71. The number of guanidine groups is 1. The maximum atomic E-state index is 12.9. The van der Waals surface area contributed by atoms with E-state index in [0.717, 1.165) is 0 Å². The summed E-state index contributed by atoms with van der Waals surface area (Å²) < 4.78 is 0. The van der Waals surface area contributed by atoms with Crippen LogP contribution in [-0.4, -0.2) is 76.7 Å². The molecule has 35 heavy (non-hydrogen) atoms. The third-order valence-corrected chi connectivity index (χ3v) is 5.02. The summed E-state index contributed by atoms with van der Waals surface area (Å²) in [4.78, 5) is 53.6. The number of rotatable bonds is 16. The van der Waals surface area contributed by atoms with Gasteiger partial charge in [0.1, 0.15) is 18.1 Å². The molecule has 0 heterocycles. The molecule has 3 amide bonds. The number of nitrogens with one attached hydrogen (secondary N) is 3. The number of nitrogens with zero attached hydrogens (tertiary/aromatic N) is 1. The highest BCUT2D eigenvalue weighted by molar-refractivity contribution is 5.94. The number of nitrogens with two attached hydrogens (primary N) is 3. The lowest BCUT2D eigenvalue weighted by molar-refractivity contribution is -0.142. The molecule has 202 valence electrons. The first-order valence-electron chi connectivity index (χ1n) is 11.8. The normalized spacial score (nSPS) is 15.5. The predicted molar refractivity (Wildman–Crippen MR) is 132 cm³/mol. The minimum atomic E-state index is -1.35. The van der Waals surface area contributed by atoms with Gasteiger partial charge in [0.15, 0.2) is 5.96 Å². The zero-order chi connectivity index (χ0) is 27.3. The molecule has 0 radical (unpaired) electrons. The van der Waals surface area contributed by atoms with Crippen molar-refractivity contribution in [2.45, 2.75) is 90.6 Å². The molecule has 0 spiro atoms. The van der Waals surface area contributed by atoms with Crippen molar-refractivity contribution in [3.05, 3.63) is 0 Å². The van der Waals surface area contributed by atoms with Crippen LogP contribution in [-0.2, 0) is 19.2 Å². The van der Waals surface area contributed by atoms with Crippen LogP contribution in [0.3, 0.4) is 0 Å². The molecule has 0 aromatic rings. The highest BCUT2D eigenvalue weighted by Gasteiger charge is 2.32. The molecule has 13 heteroatoms. The van der Waals surface area contributed by atoms with E-state index in [9.17, 15) is 29.4 Å². The molecule has 0 saturated heterocycles. The van der Waals surface area contributed by atoms with E-state index >= 15 is 0 Å². The molecule has 0 bridgehead atoms. The molecule has 0 rings (SSSR count). The molecule has 0 unspecified atom stereocenters. The smallest absolute Gasteiger partial charge is 0.326 e. The molecular formula is C22H43N7O6.